The summed E-state index contributed by atoms with van der Waals surface area (Å²) in [6.07, 6.45) is 0.702. The van der Waals surface area contributed by atoms with Crippen LogP contribution in [0.2, 0.25) is 0 Å². The molecule has 1 heterocycles. The van der Waals surface area contributed by atoms with Crippen molar-refractivity contribution in [2.75, 3.05) is 13.2 Å². The Bertz CT molecular complexity index is 644. The smallest absolute Gasteiger partial charge is 0.332 e. The van der Waals surface area contributed by atoms with Gasteiger partial charge in [-0.15, -0.1) is 0 Å². The normalized spacial score (nSPS) is 11.0. The monoisotopic (exact) mass is 304 g/mol. The average Bonchev–Trinajstić information content (AvgIpc) is 2.75. The van der Waals surface area contributed by atoms with Crippen LogP contribution in [0.4, 0.5) is 0 Å². The van der Waals surface area contributed by atoms with Crippen molar-refractivity contribution < 1.29 is 9.47 Å². The molecule has 0 unspecified atom stereocenters. The van der Waals surface area contributed by atoms with Crippen LogP contribution in [0.1, 0.15) is 30.8 Å². The van der Waals surface area contributed by atoms with E-state index in [2.05, 4.69) is 12.1 Å². The molecule has 1 aromatic heterocycles. The molecule has 0 saturated carbocycles. The zero-order valence-corrected chi connectivity index (χ0v) is 13.5. The van der Waals surface area contributed by atoms with Crippen molar-refractivity contribution in [2.24, 2.45) is 0 Å². The van der Waals surface area contributed by atoms with E-state index >= 15 is 0 Å². The van der Waals surface area contributed by atoms with Crippen LogP contribution in [0, 0.1) is 6.92 Å². The third-order valence-electron chi connectivity index (χ3n) is 3.67. The first kappa shape index (κ1) is 16.5. The largest absolute Gasteiger partial charge is 0.361 e. The van der Waals surface area contributed by atoms with E-state index in [0.29, 0.717) is 19.6 Å². The lowest BCUT2D eigenvalue weighted by Crippen LogP contribution is -2.27. The lowest BCUT2D eigenvalue weighted by molar-refractivity contribution is 0.0729. The van der Waals surface area contributed by atoms with E-state index in [9.17, 15) is 4.79 Å². The molecule has 0 radical (unpaired) electrons. The highest BCUT2D eigenvalue weighted by Gasteiger charge is 2.17. The molecule has 120 valence electrons. The molecule has 22 heavy (non-hydrogen) atoms. The molecule has 2 rings (SSSR count). The van der Waals surface area contributed by atoms with Crippen molar-refractivity contribution in [2.45, 2.75) is 40.7 Å². The Labute approximate surface area is 131 Å². The number of aromatic nitrogens is 2. The summed E-state index contributed by atoms with van der Waals surface area (Å²) >= 11 is 0. The van der Waals surface area contributed by atoms with Crippen molar-refractivity contribution in [1.82, 2.24) is 9.13 Å². The van der Waals surface area contributed by atoms with Crippen LogP contribution in [0.3, 0.4) is 0 Å². The predicted molar refractivity (Wildman–Crippen MR) is 85.9 cm³/mol. The highest BCUT2D eigenvalue weighted by atomic mass is 16.5. The van der Waals surface area contributed by atoms with Crippen LogP contribution in [-0.4, -0.2) is 22.3 Å². The zero-order chi connectivity index (χ0) is 15.9. The summed E-state index contributed by atoms with van der Waals surface area (Å²) in [6.45, 7) is 7.51. The van der Waals surface area contributed by atoms with Gasteiger partial charge in [0.05, 0.1) is 0 Å². The minimum Gasteiger partial charge on any atom is -0.361 e. The molecule has 0 atom stereocenters. The molecule has 2 aromatic rings. The highest BCUT2D eigenvalue weighted by molar-refractivity contribution is 5.25. The highest BCUT2D eigenvalue weighted by Crippen LogP contribution is 2.14. The van der Waals surface area contributed by atoms with E-state index in [1.165, 1.54) is 5.56 Å². The summed E-state index contributed by atoms with van der Waals surface area (Å²) in [4.78, 5) is 12.6. The second-order valence-corrected chi connectivity index (χ2v) is 5.08. The van der Waals surface area contributed by atoms with Gasteiger partial charge in [-0.1, -0.05) is 30.3 Å². The maximum absolute atomic E-state index is 12.6. The molecule has 0 spiro atoms. The van der Waals surface area contributed by atoms with E-state index in [-0.39, 0.29) is 19.2 Å². The second-order valence-electron chi connectivity index (χ2n) is 5.08. The van der Waals surface area contributed by atoms with Gasteiger partial charge in [0, 0.05) is 31.0 Å². The minimum absolute atomic E-state index is 0.0784. The van der Waals surface area contributed by atoms with Gasteiger partial charge in [0.2, 0.25) is 0 Å². The summed E-state index contributed by atoms with van der Waals surface area (Å²) in [6, 6.07) is 10.1. The minimum atomic E-state index is -0.0784. The number of rotatable bonds is 8. The molecule has 0 bridgehead atoms. The van der Waals surface area contributed by atoms with E-state index in [1.54, 1.807) is 9.13 Å². The van der Waals surface area contributed by atoms with Crippen LogP contribution >= 0.6 is 0 Å². The van der Waals surface area contributed by atoms with Gasteiger partial charge in [-0.3, -0.25) is 9.13 Å². The van der Waals surface area contributed by atoms with Crippen LogP contribution in [-0.2, 0) is 29.4 Å². The van der Waals surface area contributed by atoms with Gasteiger partial charge < -0.3 is 9.47 Å². The molecule has 0 aliphatic heterocycles. The van der Waals surface area contributed by atoms with Crippen LogP contribution in [0.5, 0.6) is 0 Å². The predicted octanol–water partition coefficient (Wildman–Crippen LogP) is 2.54. The van der Waals surface area contributed by atoms with Crippen LogP contribution in [0.25, 0.3) is 0 Å². The molecular weight excluding hydrogens is 280 g/mol. The van der Waals surface area contributed by atoms with E-state index in [0.717, 1.165) is 11.4 Å². The van der Waals surface area contributed by atoms with Gasteiger partial charge in [0.1, 0.15) is 13.5 Å². The maximum Gasteiger partial charge on any atom is 0.332 e. The van der Waals surface area contributed by atoms with Crippen LogP contribution < -0.4 is 5.69 Å². The number of hydrogen-bond acceptors (Lipinski definition) is 3. The SMILES string of the molecule is CCOCn1c(C)c(Cc2ccccc2)n(COCC)c1=O. The van der Waals surface area contributed by atoms with Gasteiger partial charge >= 0.3 is 5.69 Å². The topological polar surface area (TPSA) is 45.4 Å². The molecule has 0 saturated heterocycles. The first-order valence-electron chi connectivity index (χ1n) is 7.67. The Kier molecular flexibility index (Phi) is 5.98. The Morgan fingerprint density at radius 2 is 1.55 bits per heavy atom. The number of nitrogens with zero attached hydrogens (tertiary/aromatic N) is 2. The zero-order valence-electron chi connectivity index (χ0n) is 13.5. The van der Waals surface area contributed by atoms with Crippen molar-refractivity contribution in [3.63, 3.8) is 0 Å². The Morgan fingerprint density at radius 1 is 0.955 bits per heavy atom. The Morgan fingerprint density at radius 3 is 2.14 bits per heavy atom. The van der Waals surface area contributed by atoms with Gasteiger partial charge in [-0.05, 0) is 26.3 Å². The molecule has 0 aliphatic carbocycles. The standard InChI is InChI=1S/C17H24N2O3/c1-4-21-12-18-14(3)16(11-15-9-7-6-8-10-15)19(17(18)20)13-22-5-2/h6-10H,4-5,11-13H2,1-3H3. The third-order valence-corrected chi connectivity index (χ3v) is 3.67. The van der Waals surface area contributed by atoms with Gasteiger partial charge in [-0.2, -0.15) is 0 Å². The number of hydrogen-bond donors (Lipinski definition) is 0. The molecule has 5 nitrogen and oxygen atoms in total. The lowest BCUT2D eigenvalue weighted by atomic mass is 10.1. The van der Waals surface area contributed by atoms with Crippen molar-refractivity contribution in [3.05, 3.63) is 57.8 Å². The van der Waals surface area contributed by atoms with Crippen LogP contribution in [0.15, 0.2) is 35.1 Å². The Balaban J connectivity index is 2.38. The summed E-state index contributed by atoms with van der Waals surface area (Å²) in [7, 11) is 0. The van der Waals surface area contributed by atoms with Crippen molar-refractivity contribution in [3.8, 4) is 0 Å². The average molecular weight is 304 g/mol. The van der Waals surface area contributed by atoms with E-state index < -0.39 is 0 Å². The Hall–Kier alpha value is -1.85. The maximum atomic E-state index is 12.6. The summed E-state index contributed by atoms with van der Waals surface area (Å²) in [5, 5.41) is 0. The molecular formula is C17H24N2O3. The van der Waals surface area contributed by atoms with Gasteiger partial charge in [0.15, 0.2) is 0 Å². The fourth-order valence-electron chi connectivity index (χ4n) is 2.42. The van der Waals surface area contributed by atoms with E-state index in [1.807, 2.05) is 39.0 Å². The number of benzene rings is 1. The van der Waals surface area contributed by atoms with Gasteiger partial charge in [0.25, 0.3) is 0 Å². The molecule has 1 aromatic carbocycles. The third kappa shape index (κ3) is 3.67. The van der Waals surface area contributed by atoms with Gasteiger partial charge in [-0.25, -0.2) is 4.79 Å². The lowest BCUT2D eigenvalue weighted by Gasteiger charge is -2.08. The summed E-state index contributed by atoms with van der Waals surface area (Å²) in [5.74, 6) is 0. The second kappa shape index (κ2) is 7.96. The molecule has 5 heteroatoms. The fraction of sp³-hybridized carbons (Fsp3) is 0.471. The number of imidazole rings is 1. The quantitative estimate of drug-likeness (QED) is 0.753. The summed E-state index contributed by atoms with van der Waals surface area (Å²) < 4.78 is 14.2. The number of ether oxygens (including phenoxy) is 2. The molecule has 0 aliphatic rings. The first-order chi connectivity index (χ1) is 10.7. The summed E-state index contributed by atoms with van der Waals surface area (Å²) in [5.41, 5.74) is 3.00. The molecule has 0 amide bonds. The van der Waals surface area contributed by atoms with Crippen molar-refractivity contribution >= 4 is 0 Å². The first-order valence-corrected chi connectivity index (χ1v) is 7.67. The molecule has 0 N–H and O–H groups in total. The molecule has 0 fully saturated rings. The van der Waals surface area contributed by atoms with E-state index in [4.69, 9.17) is 9.47 Å². The van der Waals surface area contributed by atoms with Crippen molar-refractivity contribution in [1.29, 1.82) is 0 Å². The fourth-order valence-corrected chi connectivity index (χ4v) is 2.42.